The van der Waals surface area contributed by atoms with Gasteiger partial charge >= 0.3 is 6.03 Å². The molecule has 7 nitrogen and oxygen atoms in total. The number of urea groups is 1. The Balaban J connectivity index is 1.58. The van der Waals surface area contributed by atoms with Crippen molar-refractivity contribution < 1.29 is 9.59 Å². The number of nitrogens with one attached hydrogen (secondary N) is 1. The van der Waals surface area contributed by atoms with Crippen molar-refractivity contribution in [2.24, 2.45) is 0 Å². The van der Waals surface area contributed by atoms with E-state index in [1.165, 1.54) is 4.90 Å². The van der Waals surface area contributed by atoms with Gasteiger partial charge in [-0.25, -0.2) is 4.79 Å². The quantitative estimate of drug-likeness (QED) is 0.494. The minimum Gasteiger partial charge on any atom is -0.329 e. The SMILES string of the molecule is Cc1ccccc1-n1cnnc1SCCCN1C(=O)CNC1=O. The van der Waals surface area contributed by atoms with Gasteiger partial charge in [0.1, 0.15) is 6.33 Å². The Bertz CT molecular complexity index is 714. The van der Waals surface area contributed by atoms with E-state index in [1.807, 2.05) is 35.8 Å². The average molecular weight is 331 g/mol. The molecular weight excluding hydrogens is 314 g/mol. The number of hydrogen-bond donors (Lipinski definition) is 1. The zero-order valence-electron chi connectivity index (χ0n) is 12.7. The van der Waals surface area contributed by atoms with Crippen LogP contribution in [-0.2, 0) is 4.79 Å². The lowest BCUT2D eigenvalue weighted by Crippen LogP contribution is -2.32. The zero-order chi connectivity index (χ0) is 16.2. The Morgan fingerprint density at radius 2 is 2.13 bits per heavy atom. The van der Waals surface area contributed by atoms with Gasteiger partial charge in [0.05, 0.1) is 12.2 Å². The summed E-state index contributed by atoms with van der Waals surface area (Å²) in [5, 5.41) is 11.4. The number of hydrogen-bond acceptors (Lipinski definition) is 5. The van der Waals surface area contributed by atoms with Crippen LogP contribution in [0, 0.1) is 6.92 Å². The smallest absolute Gasteiger partial charge is 0.324 e. The molecule has 0 atom stereocenters. The van der Waals surface area contributed by atoms with E-state index in [2.05, 4.69) is 15.5 Å². The third kappa shape index (κ3) is 3.37. The normalized spacial score (nSPS) is 14.4. The molecule has 1 aromatic heterocycles. The molecule has 120 valence electrons. The second kappa shape index (κ2) is 6.82. The van der Waals surface area contributed by atoms with Crippen molar-refractivity contribution in [1.29, 1.82) is 0 Å². The van der Waals surface area contributed by atoms with Crippen LogP contribution in [0.4, 0.5) is 4.79 Å². The highest BCUT2D eigenvalue weighted by atomic mass is 32.2. The maximum atomic E-state index is 11.5. The Hall–Kier alpha value is -2.35. The number of aromatic nitrogens is 3. The van der Waals surface area contributed by atoms with Crippen LogP contribution in [0.2, 0.25) is 0 Å². The zero-order valence-corrected chi connectivity index (χ0v) is 13.5. The third-order valence-corrected chi connectivity index (χ3v) is 4.62. The number of amides is 3. The standard InChI is InChI=1S/C15H17N5O2S/c1-11-5-2-3-6-12(11)20-10-17-18-15(20)23-8-4-7-19-13(21)9-16-14(19)22/h2-3,5-6,10H,4,7-9H2,1H3,(H,16,22). The molecule has 1 N–H and O–H groups in total. The first-order valence-electron chi connectivity index (χ1n) is 7.34. The van der Waals surface area contributed by atoms with Gasteiger partial charge in [0, 0.05) is 12.3 Å². The highest BCUT2D eigenvalue weighted by Gasteiger charge is 2.27. The van der Waals surface area contributed by atoms with Crippen molar-refractivity contribution in [3.8, 4) is 5.69 Å². The average Bonchev–Trinajstić information content (AvgIpc) is 3.12. The largest absolute Gasteiger partial charge is 0.329 e. The molecule has 0 saturated carbocycles. The van der Waals surface area contributed by atoms with E-state index in [-0.39, 0.29) is 18.5 Å². The summed E-state index contributed by atoms with van der Waals surface area (Å²) in [6.45, 7) is 2.57. The molecule has 8 heteroatoms. The Labute approximate surface area is 138 Å². The van der Waals surface area contributed by atoms with Crippen LogP contribution in [0.15, 0.2) is 35.7 Å². The Morgan fingerprint density at radius 3 is 2.87 bits per heavy atom. The summed E-state index contributed by atoms with van der Waals surface area (Å²) in [5.41, 5.74) is 2.20. The van der Waals surface area contributed by atoms with E-state index in [4.69, 9.17) is 0 Å². The van der Waals surface area contributed by atoms with E-state index >= 15 is 0 Å². The number of carbonyl (C=O) groups excluding carboxylic acids is 2. The fourth-order valence-corrected chi connectivity index (χ4v) is 3.23. The molecule has 0 radical (unpaired) electrons. The fraction of sp³-hybridized carbons (Fsp3) is 0.333. The topological polar surface area (TPSA) is 80.1 Å². The minimum absolute atomic E-state index is 0.105. The molecule has 1 aromatic carbocycles. The van der Waals surface area contributed by atoms with Gasteiger partial charge in [-0.1, -0.05) is 30.0 Å². The van der Waals surface area contributed by atoms with E-state index in [9.17, 15) is 9.59 Å². The van der Waals surface area contributed by atoms with Gasteiger partial charge in [0.25, 0.3) is 0 Å². The summed E-state index contributed by atoms with van der Waals surface area (Å²) >= 11 is 1.56. The third-order valence-electron chi connectivity index (χ3n) is 3.59. The molecule has 0 bridgehead atoms. The number of carbonyl (C=O) groups is 2. The van der Waals surface area contributed by atoms with Crippen molar-refractivity contribution in [1.82, 2.24) is 25.0 Å². The summed E-state index contributed by atoms with van der Waals surface area (Å²) < 4.78 is 1.95. The summed E-state index contributed by atoms with van der Waals surface area (Å²) in [4.78, 5) is 24.2. The summed E-state index contributed by atoms with van der Waals surface area (Å²) in [6, 6.07) is 7.74. The molecule has 2 heterocycles. The highest BCUT2D eigenvalue weighted by molar-refractivity contribution is 7.99. The van der Waals surface area contributed by atoms with Crippen LogP contribution in [0.25, 0.3) is 5.69 Å². The number of aryl methyl sites for hydroxylation is 1. The number of rotatable bonds is 6. The van der Waals surface area contributed by atoms with Crippen LogP contribution in [0.3, 0.4) is 0 Å². The number of benzene rings is 1. The van der Waals surface area contributed by atoms with Crippen LogP contribution < -0.4 is 5.32 Å². The van der Waals surface area contributed by atoms with Crippen LogP contribution >= 0.6 is 11.8 Å². The summed E-state index contributed by atoms with van der Waals surface area (Å²) in [7, 11) is 0. The van der Waals surface area contributed by atoms with Gasteiger partial charge in [0.15, 0.2) is 5.16 Å². The molecular formula is C15H17N5O2S. The maximum absolute atomic E-state index is 11.5. The lowest BCUT2D eigenvalue weighted by molar-refractivity contribution is -0.124. The highest BCUT2D eigenvalue weighted by Crippen LogP contribution is 2.22. The number of nitrogens with zero attached hydrogens (tertiary/aromatic N) is 4. The number of thioether (sulfide) groups is 1. The van der Waals surface area contributed by atoms with Gasteiger partial charge in [-0.3, -0.25) is 14.3 Å². The molecule has 3 rings (SSSR count). The summed E-state index contributed by atoms with van der Waals surface area (Å²) in [6.07, 6.45) is 2.41. The molecule has 1 aliphatic rings. The van der Waals surface area contributed by atoms with Crippen molar-refractivity contribution in [2.45, 2.75) is 18.5 Å². The molecule has 3 amide bonds. The van der Waals surface area contributed by atoms with E-state index < -0.39 is 0 Å². The number of para-hydroxylation sites is 1. The lowest BCUT2D eigenvalue weighted by atomic mass is 10.2. The first-order valence-corrected chi connectivity index (χ1v) is 8.32. The molecule has 1 aliphatic heterocycles. The predicted octanol–water partition coefficient (Wildman–Crippen LogP) is 1.61. The first kappa shape index (κ1) is 15.5. The first-order chi connectivity index (χ1) is 11.2. The molecule has 0 aliphatic carbocycles. The molecule has 1 saturated heterocycles. The van der Waals surface area contributed by atoms with Crippen LogP contribution in [0.5, 0.6) is 0 Å². The van der Waals surface area contributed by atoms with E-state index in [0.29, 0.717) is 13.0 Å². The van der Waals surface area contributed by atoms with Crippen molar-refractivity contribution in [2.75, 3.05) is 18.8 Å². The van der Waals surface area contributed by atoms with Gasteiger partial charge in [-0.2, -0.15) is 0 Å². The van der Waals surface area contributed by atoms with Gasteiger partial charge < -0.3 is 5.32 Å². The lowest BCUT2D eigenvalue weighted by Gasteiger charge is -2.12. The van der Waals surface area contributed by atoms with E-state index in [0.717, 1.165) is 22.2 Å². The second-order valence-electron chi connectivity index (χ2n) is 5.18. The van der Waals surface area contributed by atoms with Gasteiger partial charge in [-0.15, -0.1) is 10.2 Å². The van der Waals surface area contributed by atoms with Crippen molar-refractivity contribution >= 4 is 23.7 Å². The monoisotopic (exact) mass is 331 g/mol. The van der Waals surface area contributed by atoms with Crippen LogP contribution in [-0.4, -0.2) is 50.4 Å². The molecule has 23 heavy (non-hydrogen) atoms. The van der Waals surface area contributed by atoms with Crippen LogP contribution in [0.1, 0.15) is 12.0 Å². The molecule has 0 unspecified atom stereocenters. The second-order valence-corrected chi connectivity index (χ2v) is 6.24. The number of imide groups is 1. The van der Waals surface area contributed by atoms with Gasteiger partial charge in [0.2, 0.25) is 5.91 Å². The van der Waals surface area contributed by atoms with Gasteiger partial charge in [-0.05, 0) is 25.0 Å². The molecule has 2 aromatic rings. The minimum atomic E-state index is -0.303. The maximum Gasteiger partial charge on any atom is 0.324 e. The Morgan fingerprint density at radius 1 is 1.30 bits per heavy atom. The molecule has 1 fully saturated rings. The Kier molecular flexibility index (Phi) is 4.61. The predicted molar refractivity (Wildman–Crippen MR) is 86.5 cm³/mol. The summed E-state index contributed by atoms with van der Waals surface area (Å²) in [5.74, 6) is 0.588. The van der Waals surface area contributed by atoms with E-state index in [1.54, 1.807) is 18.1 Å². The molecule has 0 spiro atoms. The fourth-order valence-electron chi connectivity index (χ4n) is 2.39. The van der Waals surface area contributed by atoms with Crippen molar-refractivity contribution in [3.05, 3.63) is 36.2 Å². The van der Waals surface area contributed by atoms with Crippen molar-refractivity contribution in [3.63, 3.8) is 0 Å².